The van der Waals surface area contributed by atoms with Gasteiger partial charge in [0.05, 0.1) is 6.33 Å². The summed E-state index contributed by atoms with van der Waals surface area (Å²) in [6.45, 7) is 0.0392. The molecule has 0 spiro atoms. The average Bonchev–Trinajstić information content (AvgIpc) is 3.35. The van der Waals surface area contributed by atoms with Crippen LogP contribution in [-0.4, -0.2) is 54.7 Å². The quantitative estimate of drug-likeness (QED) is 0.420. The van der Waals surface area contributed by atoms with Crippen molar-refractivity contribution in [1.29, 1.82) is 0 Å². The molecular weight excluding hydrogens is 434 g/mol. The molecule has 10 heteroatoms. The minimum absolute atomic E-state index is 0.0392. The number of nitrogens with two attached hydrogens (primary N) is 1. The number of hydrogen-bond acceptors (Lipinski definition) is 8. The maximum atomic E-state index is 10.6. The van der Waals surface area contributed by atoms with E-state index in [1.54, 1.807) is 0 Å². The maximum absolute atomic E-state index is 10.6. The van der Waals surface area contributed by atoms with Crippen molar-refractivity contribution in [2.75, 3.05) is 12.3 Å². The van der Waals surface area contributed by atoms with Gasteiger partial charge in [0, 0.05) is 5.02 Å². The molecule has 2 aromatic carbocycles. The highest BCUT2D eigenvalue weighted by atomic mass is 35.5. The second-order valence-corrected chi connectivity index (χ2v) is 7.91. The summed E-state index contributed by atoms with van der Waals surface area (Å²) >= 11 is 6.09. The summed E-state index contributed by atoms with van der Waals surface area (Å²) in [5.41, 5.74) is 8.53. The molecular formula is C22H20ClN5O4. The molecule has 9 nitrogen and oxygen atoms in total. The first-order valence-corrected chi connectivity index (χ1v) is 10.3. The van der Waals surface area contributed by atoms with Gasteiger partial charge in [-0.25, -0.2) is 15.0 Å². The van der Waals surface area contributed by atoms with Gasteiger partial charge in [0.1, 0.15) is 42.5 Å². The first-order valence-electron chi connectivity index (χ1n) is 9.94. The van der Waals surface area contributed by atoms with Crippen LogP contribution in [0.1, 0.15) is 6.23 Å². The van der Waals surface area contributed by atoms with E-state index in [0.29, 0.717) is 21.9 Å². The van der Waals surface area contributed by atoms with Crippen molar-refractivity contribution < 1.29 is 19.7 Å². The molecule has 4 atom stereocenters. The van der Waals surface area contributed by atoms with Crippen molar-refractivity contribution in [3.63, 3.8) is 0 Å². The van der Waals surface area contributed by atoms with Gasteiger partial charge in [-0.1, -0.05) is 35.9 Å². The van der Waals surface area contributed by atoms with Gasteiger partial charge in [0.15, 0.2) is 17.7 Å². The number of ether oxygens (including phenoxy) is 2. The summed E-state index contributed by atoms with van der Waals surface area (Å²) in [5, 5.41) is 21.8. The van der Waals surface area contributed by atoms with Crippen molar-refractivity contribution in [3.8, 4) is 16.9 Å². The third-order valence-electron chi connectivity index (χ3n) is 5.40. The van der Waals surface area contributed by atoms with Crippen LogP contribution >= 0.6 is 11.6 Å². The summed E-state index contributed by atoms with van der Waals surface area (Å²) in [6.07, 6.45) is -1.25. The number of imidazole rings is 1. The van der Waals surface area contributed by atoms with E-state index in [9.17, 15) is 10.2 Å². The predicted octanol–water partition coefficient (Wildman–Crippen LogP) is 2.43. The molecule has 164 valence electrons. The van der Waals surface area contributed by atoms with E-state index in [2.05, 4.69) is 15.0 Å². The summed E-state index contributed by atoms with van der Waals surface area (Å²) in [4.78, 5) is 12.3. The van der Waals surface area contributed by atoms with Gasteiger partial charge in [-0.2, -0.15) is 0 Å². The maximum Gasteiger partial charge on any atom is 0.167 e. The molecule has 4 N–H and O–H groups in total. The number of anilines is 1. The number of nitrogen functional groups attached to an aromatic ring is 1. The Labute approximate surface area is 188 Å². The fraction of sp³-hybridized carbons (Fsp3) is 0.227. The Morgan fingerprint density at radius 2 is 1.81 bits per heavy atom. The highest BCUT2D eigenvalue weighted by molar-refractivity contribution is 6.30. The fourth-order valence-corrected chi connectivity index (χ4v) is 3.96. The smallest absolute Gasteiger partial charge is 0.167 e. The average molecular weight is 454 g/mol. The molecule has 5 rings (SSSR count). The third kappa shape index (κ3) is 3.76. The topological polar surface area (TPSA) is 129 Å². The summed E-state index contributed by atoms with van der Waals surface area (Å²) in [6, 6.07) is 15.0. The molecule has 1 fully saturated rings. The highest BCUT2D eigenvalue weighted by Crippen LogP contribution is 2.33. The molecule has 0 bridgehead atoms. The minimum atomic E-state index is -1.20. The number of benzene rings is 2. The Kier molecular flexibility index (Phi) is 5.40. The number of halogens is 1. The minimum Gasteiger partial charge on any atom is -0.491 e. The van der Waals surface area contributed by atoms with E-state index < -0.39 is 24.5 Å². The number of hydrogen-bond donors (Lipinski definition) is 3. The zero-order valence-corrected chi connectivity index (χ0v) is 17.5. The van der Waals surface area contributed by atoms with Gasteiger partial charge in [0.25, 0.3) is 0 Å². The molecule has 0 saturated carbocycles. The molecule has 0 unspecified atom stereocenters. The van der Waals surface area contributed by atoms with Crippen molar-refractivity contribution >= 4 is 28.6 Å². The fourth-order valence-electron chi connectivity index (χ4n) is 3.76. The lowest BCUT2D eigenvalue weighted by molar-refractivity contribution is -0.0474. The number of aromatic nitrogens is 4. The second-order valence-electron chi connectivity index (χ2n) is 7.48. The van der Waals surface area contributed by atoms with Crippen molar-refractivity contribution in [1.82, 2.24) is 19.5 Å². The largest absolute Gasteiger partial charge is 0.491 e. The molecule has 1 aliphatic rings. The van der Waals surface area contributed by atoms with Gasteiger partial charge in [-0.3, -0.25) is 4.57 Å². The number of fused-ring (bicyclic) bond motifs is 1. The van der Waals surface area contributed by atoms with E-state index in [4.69, 9.17) is 26.8 Å². The van der Waals surface area contributed by atoms with Crippen LogP contribution in [-0.2, 0) is 4.74 Å². The normalized spacial score (nSPS) is 23.0. The first kappa shape index (κ1) is 20.7. The second kappa shape index (κ2) is 8.36. The Hall–Kier alpha value is -3.24. The van der Waals surface area contributed by atoms with Gasteiger partial charge in [-0.05, 0) is 35.4 Å². The van der Waals surface area contributed by atoms with Crippen molar-refractivity contribution in [2.24, 2.45) is 0 Å². The summed E-state index contributed by atoms with van der Waals surface area (Å²) in [7, 11) is 0. The van der Waals surface area contributed by atoms with Crippen LogP contribution in [0.15, 0.2) is 61.2 Å². The molecule has 32 heavy (non-hydrogen) atoms. The zero-order valence-electron chi connectivity index (χ0n) is 16.7. The number of aliphatic hydroxyl groups excluding tert-OH is 2. The number of nitrogens with zero attached hydrogens (tertiary/aromatic N) is 4. The lowest BCUT2D eigenvalue weighted by atomic mass is 10.1. The molecule has 1 aliphatic heterocycles. The van der Waals surface area contributed by atoms with Crippen LogP contribution in [0.2, 0.25) is 5.02 Å². The molecule has 2 aromatic heterocycles. The van der Waals surface area contributed by atoms with Gasteiger partial charge >= 0.3 is 0 Å². The Bertz CT molecular complexity index is 1270. The Balaban J connectivity index is 1.31. The van der Waals surface area contributed by atoms with Crippen LogP contribution < -0.4 is 10.5 Å². The van der Waals surface area contributed by atoms with Gasteiger partial charge in [-0.15, -0.1) is 0 Å². The lowest BCUT2D eigenvalue weighted by Crippen LogP contribution is -2.34. The van der Waals surface area contributed by atoms with Crippen LogP contribution in [0, 0.1) is 0 Å². The number of aliphatic hydroxyl groups is 2. The van der Waals surface area contributed by atoms with Crippen molar-refractivity contribution in [2.45, 2.75) is 24.5 Å². The zero-order chi connectivity index (χ0) is 22.2. The van der Waals surface area contributed by atoms with E-state index in [1.165, 1.54) is 17.2 Å². The van der Waals surface area contributed by atoms with Crippen LogP contribution in [0.4, 0.5) is 5.82 Å². The van der Waals surface area contributed by atoms with E-state index in [-0.39, 0.29) is 12.4 Å². The molecule has 0 radical (unpaired) electrons. The SMILES string of the molecule is Nc1ncnc2c1ncn2[C@@H]1O[C@H](COc2cccc(-c3cccc(Cl)c3)c2)[C@@H](O)[C@H]1O. The molecule has 1 saturated heterocycles. The Morgan fingerprint density at radius 1 is 1.03 bits per heavy atom. The first-order chi connectivity index (χ1) is 15.5. The predicted molar refractivity (Wildman–Crippen MR) is 118 cm³/mol. The molecule has 4 aromatic rings. The number of rotatable bonds is 5. The van der Waals surface area contributed by atoms with Crippen LogP contribution in [0.25, 0.3) is 22.3 Å². The standard InChI is InChI=1S/C22H20ClN5O4/c23-14-5-1-3-12(7-14)13-4-2-6-15(8-13)31-9-16-18(29)19(30)22(32-16)28-11-27-17-20(24)25-10-26-21(17)28/h1-8,10-11,16,18-19,22,29-30H,9H2,(H2,24,25,26)/t16-,18-,19-,22-/m1/s1. The highest BCUT2D eigenvalue weighted by Gasteiger charge is 2.44. The molecule has 0 amide bonds. The van der Waals surface area contributed by atoms with Crippen LogP contribution in [0.3, 0.4) is 0 Å². The van der Waals surface area contributed by atoms with E-state index >= 15 is 0 Å². The van der Waals surface area contributed by atoms with Gasteiger partial charge < -0.3 is 25.4 Å². The van der Waals surface area contributed by atoms with E-state index in [1.807, 2.05) is 48.5 Å². The lowest BCUT2D eigenvalue weighted by Gasteiger charge is -2.16. The van der Waals surface area contributed by atoms with Crippen molar-refractivity contribution in [3.05, 3.63) is 66.2 Å². The van der Waals surface area contributed by atoms with Gasteiger partial charge in [0.2, 0.25) is 0 Å². The Morgan fingerprint density at radius 3 is 2.62 bits per heavy atom. The molecule has 3 heterocycles. The third-order valence-corrected chi connectivity index (χ3v) is 5.64. The summed E-state index contributed by atoms with van der Waals surface area (Å²) < 4.78 is 13.3. The summed E-state index contributed by atoms with van der Waals surface area (Å²) in [5.74, 6) is 0.825. The van der Waals surface area contributed by atoms with Crippen LogP contribution in [0.5, 0.6) is 5.75 Å². The molecule has 0 aliphatic carbocycles. The van der Waals surface area contributed by atoms with E-state index in [0.717, 1.165) is 11.1 Å². The monoisotopic (exact) mass is 453 g/mol.